The van der Waals surface area contributed by atoms with Crippen molar-refractivity contribution in [3.63, 3.8) is 0 Å². The Morgan fingerprint density at radius 2 is 1.94 bits per heavy atom. The van der Waals surface area contributed by atoms with E-state index < -0.39 is 0 Å². The number of carbonyl (C=O) groups excluding carboxylic acids is 2. The molecule has 0 radical (unpaired) electrons. The summed E-state index contributed by atoms with van der Waals surface area (Å²) >= 11 is 1.48. The third kappa shape index (κ3) is 3.56. The first kappa shape index (κ1) is 13.7. The molecular weight excluding hydrogens is 236 g/mol. The van der Waals surface area contributed by atoms with E-state index in [-0.39, 0.29) is 18.4 Å². The van der Waals surface area contributed by atoms with Crippen LogP contribution in [0.1, 0.15) is 24.2 Å². The lowest BCUT2D eigenvalue weighted by atomic mass is 10.3. The number of likely N-dealkylation sites (N-methyl/N-ethyl adjacent to an activating group) is 2. The Kier molecular flexibility index (Phi) is 5.15. The predicted molar refractivity (Wildman–Crippen MR) is 69.2 cm³/mol. The van der Waals surface area contributed by atoms with Gasteiger partial charge >= 0.3 is 0 Å². The van der Waals surface area contributed by atoms with E-state index in [1.54, 1.807) is 23.4 Å². The van der Waals surface area contributed by atoms with Gasteiger partial charge in [0.15, 0.2) is 0 Å². The normalized spacial score (nSPS) is 10.1. The third-order valence-electron chi connectivity index (χ3n) is 2.60. The molecule has 94 valence electrons. The summed E-state index contributed by atoms with van der Waals surface area (Å²) in [6, 6.07) is 1.77. The van der Waals surface area contributed by atoms with Crippen molar-refractivity contribution in [3.05, 3.63) is 22.4 Å². The van der Waals surface area contributed by atoms with Crippen molar-refractivity contribution in [1.82, 2.24) is 9.80 Å². The smallest absolute Gasteiger partial charge is 0.254 e. The van der Waals surface area contributed by atoms with Crippen LogP contribution in [0.3, 0.4) is 0 Å². The molecule has 0 atom stereocenters. The monoisotopic (exact) mass is 254 g/mol. The third-order valence-corrected chi connectivity index (χ3v) is 3.29. The van der Waals surface area contributed by atoms with Crippen LogP contribution in [0.5, 0.6) is 0 Å². The summed E-state index contributed by atoms with van der Waals surface area (Å²) in [4.78, 5) is 26.9. The summed E-state index contributed by atoms with van der Waals surface area (Å²) in [6.45, 7) is 5.35. The maximum absolute atomic E-state index is 11.9. The van der Waals surface area contributed by atoms with E-state index >= 15 is 0 Å². The first-order valence-electron chi connectivity index (χ1n) is 5.65. The molecule has 1 aromatic rings. The minimum absolute atomic E-state index is 0.0129. The zero-order valence-electron chi connectivity index (χ0n) is 10.5. The van der Waals surface area contributed by atoms with Gasteiger partial charge in [0.1, 0.15) is 0 Å². The van der Waals surface area contributed by atoms with Crippen LogP contribution in [0.25, 0.3) is 0 Å². The van der Waals surface area contributed by atoms with Gasteiger partial charge in [-0.15, -0.1) is 0 Å². The Morgan fingerprint density at radius 1 is 1.29 bits per heavy atom. The maximum atomic E-state index is 11.9. The number of carbonyl (C=O) groups is 2. The summed E-state index contributed by atoms with van der Waals surface area (Å²) in [7, 11) is 1.65. The first-order valence-corrected chi connectivity index (χ1v) is 6.59. The number of nitrogens with zero attached hydrogens (tertiary/aromatic N) is 2. The van der Waals surface area contributed by atoms with Gasteiger partial charge in [-0.25, -0.2) is 0 Å². The second kappa shape index (κ2) is 6.39. The molecule has 5 heteroatoms. The molecule has 2 amide bonds. The molecule has 0 aliphatic carbocycles. The van der Waals surface area contributed by atoms with Crippen LogP contribution in [0.15, 0.2) is 16.8 Å². The molecule has 0 bridgehead atoms. The molecule has 0 saturated carbocycles. The molecule has 0 aliphatic rings. The van der Waals surface area contributed by atoms with Crippen LogP contribution in [-0.4, -0.2) is 48.3 Å². The Hall–Kier alpha value is -1.36. The Bertz CT molecular complexity index is 372. The van der Waals surface area contributed by atoms with Gasteiger partial charge in [-0.1, -0.05) is 0 Å². The molecule has 0 saturated heterocycles. The topological polar surface area (TPSA) is 40.6 Å². The van der Waals surface area contributed by atoms with Crippen molar-refractivity contribution in [1.29, 1.82) is 0 Å². The Labute approximate surface area is 106 Å². The van der Waals surface area contributed by atoms with Crippen molar-refractivity contribution >= 4 is 23.2 Å². The quantitative estimate of drug-likeness (QED) is 0.802. The van der Waals surface area contributed by atoms with E-state index in [2.05, 4.69) is 0 Å². The largest absolute Gasteiger partial charge is 0.342 e. The summed E-state index contributed by atoms with van der Waals surface area (Å²) in [5.41, 5.74) is 0.643. The van der Waals surface area contributed by atoms with Crippen LogP contribution in [0, 0.1) is 0 Å². The highest BCUT2D eigenvalue weighted by Crippen LogP contribution is 2.08. The van der Waals surface area contributed by atoms with Gasteiger partial charge in [0.05, 0.1) is 12.1 Å². The standard InChI is InChI=1S/C12H18N2O2S/c1-4-14(5-2)11(15)8-13(3)12(16)10-6-7-17-9-10/h6-7,9H,4-5,8H2,1-3H3. The second-order valence-corrected chi connectivity index (χ2v) is 4.52. The van der Waals surface area contributed by atoms with E-state index in [0.29, 0.717) is 18.7 Å². The highest BCUT2D eigenvalue weighted by Gasteiger charge is 2.17. The van der Waals surface area contributed by atoms with Crippen molar-refractivity contribution in [3.8, 4) is 0 Å². The lowest BCUT2D eigenvalue weighted by molar-refractivity contribution is -0.131. The molecule has 1 aromatic heterocycles. The van der Waals surface area contributed by atoms with Gasteiger partial charge in [-0.05, 0) is 25.3 Å². The fourth-order valence-corrected chi connectivity index (χ4v) is 2.19. The number of hydrogen-bond donors (Lipinski definition) is 0. The van der Waals surface area contributed by atoms with Crippen molar-refractivity contribution in [2.45, 2.75) is 13.8 Å². The van der Waals surface area contributed by atoms with E-state index in [0.717, 1.165) is 0 Å². The lowest BCUT2D eigenvalue weighted by Gasteiger charge is -2.22. The molecule has 0 aromatic carbocycles. The summed E-state index contributed by atoms with van der Waals surface area (Å²) in [5, 5.41) is 3.65. The average Bonchev–Trinajstić information content (AvgIpc) is 2.83. The summed E-state index contributed by atoms with van der Waals surface area (Å²) in [5.74, 6) is -0.118. The highest BCUT2D eigenvalue weighted by atomic mass is 32.1. The number of thiophene rings is 1. The van der Waals surface area contributed by atoms with Crippen molar-refractivity contribution < 1.29 is 9.59 Å². The molecule has 1 rings (SSSR count). The molecule has 0 N–H and O–H groups in total. The molecule has 0 fully saturated rings. The minimum Gasteiger partial charge on any atom is -0.342 e. The van der Waals surface area contributed by atoms with E-state index in [4.69, 9.17) is 0 Å². The van der Waals surface area contributed by atoms with Crippen LogP contribution in [0.2, 0.25) is 0 Å². The second-order valence-electron chi connectivity index (χ2n) is 3.74. The van der Waals surface area contributed by atoms with Gasteiger partial charge in [-0.3, -0.25) is 9.59 Å². The van der Waals surface area contributed by atoms with E-state index in [1.807, 2.05) is 19.2 Å². The maximum Gasteiger partial charge on any atom is 0.254 e. The molecular formula is C12H18N2O2S. The SMILES string of the molecule is CCN(CC)C(=O)CN(C)C(=O)c1ccsc1. The van der Waals surface area contributed by atoms with Crippen molar-refractivity contribution in [2.75, 3.05) is 26.7 Å². The van der Waals surface area contributed by atoms with E-state index in [9.17, 15) is 9.59 Å². The number of amides is 2. The highest BCUT2D eigenvalue weighted by molar-refractivity contribution is 7.08. The molecule has 4 nitrogen and oxygen atoms in total. The lowest BCUT2D eigenvalue weighted by Crippen LogP contribution is -2.40. The number of rotatable bonds is 5. The van der Waals surface area contributed by atoms with Gasteiger partial charge in [-0.2, -0.15) is 11.3 Å². The average molecular weight is 254 g/mol. The molecule has 0 aliphatic heterocycles. The fraction of sp³-hybridized carbons (Fsp3) is 0.500. The molecule has 0 unspecified atom stereocenters. The minimum atomic E-state index is -0.105. The summed E-state index contributed by atoms with van der Waals surface area (Å²) in [6.07, 6.45) is 0. The van der Waals surface area contributed by atoms with Gasteiger partial charge < -0.3 is 9.80 Å². The van der Waals surface area contributed by atoms with E-state index in [1.165, 1.54) is 16.2 Å². The zero-order chi connectivity index (χ0) is 12.8. The molecule has 17 heavy (non-hydrogen) atoms. The van der Waals surface area contributed by atoms with Crippen LogP contribution in [-0.2, 0) is 4.79 Å². The zero-order valence-corrected chi connectivity index (χ0v) is 11.3. The van der Waals surface area contributed by atoms with Gasteiger partial charge in [0.25, 0.3) is 5.91 Å². The molecule has 1 heterocycles. The fourth-order valence-electron chi connectivity index (χ4n) is 1.56. The van der Waals surface area contributed by atoms with Gasteiger partial charge in [0, 0.05) is 25.5 Å². The molecule has 0 spiro atoms. The van der Waals surface area contributed by atoms with Crippen LogP contribution in [0.4, 0.5) is 0 Å². The first-order chi connectivity index (χ1) is 8.10. The Morgan fingerprint density at radius 3 is 2.41 bits per heavy atom. The Balaban J connectivity index is 2.57. The van der Waals surface area contributed by atoms with Crippen LogP contribution < -0.4 is 0 Å². The number of hydrogen-bond acceptors (Lipinski definition) is 3. The van der Waals surface area contributed by atoms with Gasteiger partial charge in [0.2, 0.25) is 5.91 Å². The van der Waals surface area contributed by atoms with Crippen LogP contribution >= 0.6 is 11.3 Å². The van der Waals surface area contributed by atoms with Crippen molar-refractivity contribution in [2.24, 2.45) is 0 Å². The predicted octanol–water partition coefficient (Wildman–Crippen LogP) is 1.69. The summed E-state index contributed by atoms with van der Waals surface area (Å²) < 4.78 is 0.